The van der Waals surface area contributed by atoms with E-state index in [9.17, 15) is 9.59 Å². The second-order valence-corrected chi connectivity index (χ2v) is 7.59. The number of rotatable bonds is 4. The first-order valence-electron chi connectivity index (χ1n) is 10.2. The topological polar surface area (TPSA) is 67.2 Å². The molecular weight excluding hydrogens is 364 g/mol. The van der Waals surface area contributed by atoms with Gasteiger partial charge >= 0.3 is 0 Å². The Hall–Kier alpha value is -3.15. The Bertz CT molecular complexity index is 1020. The Balaban J connectivity index is 1.43. The molecule has 1 aliphatic rings. The molecule has 0 bridgehead atoms. The van der Waals surface area contributed by atoms with Crippen LogP contribution in [0.4, 0.5) is 5.69 Å². The minimum Gasteiger partial charge on any atom is -0.333 e. The van der Waals surface area contributed by atoms with Gasteiger partial charge in [-0.3, -0.25) is 9.59 Å². The molecule has 150 valence electrons. The summed E-state index contributed by atoms with van der Waals surface area (Å²) in [6.07, 6.45) is 4.64. The molecule has 2 aromatic carbocycles. The molecule has 0 radical (unpaired) electrons. The predicted molar refractivity (Wildman–Crippen MR) is 114 cm³/mol. The third kappa shape index (κ3) is 4.31. The SMILES string of the molecule is Cn1c(-c2ccc(NC(=O)CN3CCCCCCC3=O)cc2)nc2ccccc21. The first-order valence-corrected chi connectivity index (χ1v) is 10.2. The molecule has 0 spiro atoms. The fourth-order valence-electron chi connectivity index (χ4n) is 3.86. The number of aromatic nitrogens is 2. The van der Waals surface area contributed by atoms with Gasteiger partial charge < -0.3 is 14.8 Å². The average molecular weight is 390 g/mol. The van der Waals surface area contributed by atoms with Gasteiger partial charge in [0.1, 0.15) is 5.82 Å². The van der Waals surface area contributed by atoms with E-state index in [0.29, 0.717) is 13.0 Å². The molecule has 1 N–H and O–H groups in total. The maximum Gasteiger partial charge on any atom is 0.243 e. The number of nitrogens with one attached hydrogen (secondary N) is 1. The molecule has 6 heteroatoms. The molecule has 0 saturated carbocycles. The number of amides is 2. The minimum absolute atomic E-state index is 0.0806. The first-order chi connectivity index (χ1) is 14.1. The highest BCUT2D eigenvalue weighted by molar-refractivity contribution is 5.94. The standard InChI is InChI=1S/C23H26N4O2/c1-26-20-9-6-5-8-19(20)25-23(26)17-11-13-18(14-12-17)24-21(28)16-27-15-7-3-2-4-10-22(27)29/h5-6,8-9,11-14H,2-4,7,10,15-16H2,1H3,(H,24,28). The van der Waals surface area contributed by atoms with E-state index in [1.54, 1.807) is 4.90 Å². The van der Waals surface area contributed by atoms with E-state index in [1.165, 1.54) is 0 Å². The summed E-state index contributed by atoms with van der Waals surface area (Å²) in [6.45, 7) is 0.781. The number of fused-ring (bicyclic) bond motifs is 1. The van der Waals surface area contributed by atoms with Crippen LogP contribution in [0.15, 0.2) is 48.5 Å². The van der Waals surface area contributed by atoms with Gasteiger partial charge in [-0.05, 0) is 49.2 Å². The Morgan fingerprint density at radius 2 is 1.79 bits per heavy atom. The van der Waals surface area contributed by atoms with E-state index in [1.807, 2.05) is 55.6 Å². The van der Waals surface area contributed by atoms with Crippen LogP contribution < -0.4 is 5.32 Å². The number of aryl methyl sites for hydroxylation is 1. The summed E-state index contributed by atoms with van der Waals surface area (Å²) in [5.74, 6) is 0.807. The lowest BCUT2D eigenvalue weighted by molar-refractivity contribution is -0.135. The van der Waals surface area contributed by atoms with Gasteiger partial charge in [-0.15, -0.1) is 0 Å². The van der Waals surface area contributed by atoms with Gasteiger partial charge in [0.15, 0.2) is 0 Å². The van der Waals surface area contributed by atoms with E-state index in [-0.39, 0.29) is 18.4 Å². The van der Waals surface area contributed by atoms with E-state index in [0.717, 1.165) is 53.8 Å². The van der Waals surface area contributed by atoms with E-state index in [4.69, 9.17) is 4.98 Å². The third-order valence-corrected chi connectivity index (χ3v) is 5.47. The summed E-state index contributed by atoms with van der Waals surface area (Å²) < 4.78 is 2.07. The van der Waals surface area contributed by atoms with Crippen molar-refractivity contribution in [3.63, 3.8) is 0 Å². The van der Waals surface area contributed by atoms with Crippen molar-refractivity contribution >= 4 is 28.5 Å². The van der Waals surface area contributed by atoms with Crippen LogP contribution in [-0.2, 0) is 16.6 Å². The number of likely N-dealkylation sites (tertiary alicyclic amines) is 1. The number of imidazole rings is 1. The van der Waals surface area contributed by atoms with Crippen molar-refractivity contribution in [1.82, 2.24) is 14.5 Å². The van der Waals surface area contributed by atoms with Crippen molar-refractivity contribution in [3.05, 3.63) is 48.5 Å². The van der Waals surface area contributed by atoms with Crippen LogP contribution in [0.5, 0.6) is 0 Å². The van der Waals surface area contributed by atoms with Crippen molar-refractivity contribution in [2.24, 2.45) is 7.05 Å². The summed E-state index contributed by atoms with van der Waals surface area (Å²) in [6, 6.07) is 15.7. The summed E-state index contributed by atoms with van der Waals surface area (Å²) >= 11 is 0. The quantitative estimate of drug-likeness (QED) is 0.733. The van der Waals surface area contributed by atoms with Gasteiger partial charge in [-0.25, -0.2) is 4.98 Å². The maximum absolute atomic E-state index is 12.4. The molecule has 6 nitrogen and oxygen atoms in total. The van der Waals surface area contributed by atoms with Crippen molar-refractivity contribution in [3.8, 4) is 11.4 Å². The molecule has 1 saturated heterocycles. The summed E-state index contributed by atoms with van der Waals surface area (Å²) in [5.41, 5.74) is 3.75. The van der Waals surface area contributed by atoms with E-state index >= 15 is 0 Å². The Morgan fingerprint density at radius 3 is 2.59 bits per heavy atom. The zero-order valence-electron chi connectivity index (χ0n) is 16.7. The monoisotopic (exact) mass is 390 g/mol. The molecule has 29 heavy (non-hydrogen) atoms. The number of anilines is 1. The number of para-hydroxylation sites is 2. The molecule has 1 aliphatic heterocycles. The molecule has 0 atom stereocenters. The molecule has 1 fully saturated rings. The zero-order valence-corrected chi connectivity index (χ0v) is 16.7. The lowest BCUT2D eigenvalue weighted by atomic mass is 10.1. The number of carbonyl (C=O) groups is 2. The minimum atomic E-state index is -0.158. The number of benzene rings is 2. The van der Waals surface area contributed by atoms with Crippen molar-refractivity contribution in [1.29, 1.82) is 0 Å². The lowest BCUT2D eigenvalue weighted by Crippen LogP contribution is -2.39. The van der Waals surface area contributed by atoms with Crippen LogP contribution in [0.25, 0.3) is 22.4 Å². The smallest absolute Gasteiger partial charge is 0.243 e. The molecule has 4 rings (SSSR count). The van der Waals surface area contributed by atoms with Gasteiger partial charge in [0, 0.05) is 31.3 Å². The summed E-state index contributed by atoms with van der Waals surface area (Å²) in [4.78, 5) is 31.0. The average Bonchev–Trinajstić information content (AvgIpc) is 3.05. The van der Waals surface area contributed by atoms with E-state index in [2.05, 4.69) is 9.88 Å². The number of carbonyl (C=O) groups excluding carboxylic acids is 2. The van der Waals surface area contributed by atoms with Gasteiger partial charge in [0.2, 0.25) is 11.8 Å². The van der Waals surface area contributed by atoms with Crippen LogP contribution in [0.1, 0.15) is 32.1 Å². The van der Waals surface area contributed by atoms with Gasteiger partial charge in [0.25, 0.3) is 0 Å². The van der Waals surface area contributed by atoms with Crippen LogP contribution >= 0.6 is 0 Å². The van der Waals surface area contributed by atoms with Crippen molar-refractivity contribution < 1.29 is 9.59 Å². The van der Waals surface area contributed by atoms with E-state index < -0.39 is 0 Å². The second-order valence-electron chi connectivity index (χ2n) is 7.59. The summed E-state index contributed by atoms with van der Waals surface area (Å²) in [5, 5.41) is 2.91. The van der Waals surface area contributed by atoms with Gasteiger partial charge in [-0.2, -0.15) is 0 Å². The van der Waals surface area contributed by atoms with Crippen molar-refractivity contribution in [2.75, 3.05) is 18.4 Å². The molecule has 2 heterocycles. The Labute approximate surface area is 170 Å². The Morgan fingerprint density at radius 1 is 1.03 bits per heavy atom. The third-order valence-electron chi connectivity index (χ3n) is 5.47. The fraction of sp³-hybridized carbons (Fsp3) is 0.348. The van der Waals surface area contributed by atoms with Gasteiger partial charge in [0.05, 0.1) is 17.6 Å². The number of hydrogen-bond donors (Lipinski definition) is 1. The molecule has 3 aromatic rings. The van der Waals surface area contributed by atoms with Crippen LogP contribution in [0.3, 0.4) is 0 Å². The van der Waals surface area contributed by atoms with Crippen molar-refractivity contribution in [2.45, 2.75) is 32.1 Å². The summed E-state index contributed by atoms with van der Waals surface area (Å²) in [7, 11) is 2.00. The molecule has 0 unspecified atom stereocenters. The van der Waals surface area contributed by atoms with Crippen LogP contribution in [0, 0.1) is 0 Å². The maximum atomic E-state index is 12.4. The Kier molecular flexibility index (Phi) is 5.60. The number of hydrogen-bond acceptors (Lipinski definition) is 3. The lowest BCUT2D eigenvalue weighted by Gasteiger charge is -2.24. The first kappa shape index (κ1) is 19.2. The molecular formula is C23H26N4O2. The molecule has 2 amide bonds. The zero-order chi connectivity index (χ0) is 20.2. The second kappa shape index (κ2) is 8.47. The van der Waals surface area contributed by atoms with Gasteiger partial charge in [-0.1, -0.05) is 25.0 Å². The molecule has 1 aromatic heterocycles. The highest BCUT2D eigenvalue weighted by atomic mass is 16.2. The predicted octanol–water partition coefficient (Wildman–Crippen LogP) is 3.97. The van der Waals surface area contributed by atoms with Crippen LogP contribution in [-0.4, -0.2) is 39.4 Å². The highest BCUT2D eigenvalue weighted by Crippen LogP contribution is 2.24. The van der Waals surface area contributed by atoms with Crippen LogP contribution in [0.2, 0.25) is 0 Å². The normalized spacial score (nSPS) is 15.2. The molecule has 0 aliphatic carbocycles. The number of nitrogens with zero attached hydrogens (tertiary/aromatic N) is 3. The highest BCUT2D eigenvalue weighted by Gasteiger charge is 2.18. The largest absolute Gasteiger partial charge is 0.333 e. The fourth-order valence-corrected chi connectivity index (χ4v) is 3.86.